The molecule has 1 atom stereocenters. The largest absolute Gasteiger partial charge is 0.411 e. The van der Waals surface area contributed by atoms with Crippen LogP contribution in [0, 0.1) is 10.1 Å². The quantitative estimate of drug-likeness (QED) is 0.382. The number of non-ortho nitro benzene ring substituents is 1. The summed E-state index contributed by atoms with van der Waals surface area (Å²) in [6.45, 7) is 2.91. The number of benzene rings is 1. The lowest BCUT2D eigenvalue weighted by molar-refractivity contribution is -0.384. The van der Waals surface area contributed by atoms with E-state index in [4.69, 9.17) is 5.21 Å². The van der Waals surface area contributed by atoms with Crippen LogP contribution in [0.2, 0.25) is 0 Å². The first-order valence-corrected chi connectivity index (χ1v) is 7.23. The minimum atomic E-state index is -3.41. The minimum absolute atomic E-state index is 0.0308. The SMILES string of the molecule is CCS(=O)(=O)C(C)/C(=N/O)c1ccc([N+](=O)[O-])cc1. The Labute approximate surface area is 110 Å². The molecule has 0 fully saturated rings. The van der Waals surface area contributed by atoms with E-state index in [1.54, 1.807) is 0 Å². The number of hydrogen-bond acceptors (Lipinski definition) is 6. The number of nitro groups is 1. The summed E-state index contributed by atoms with van der Waals surface area (Å²) in [7, 11) is -3.41. The Morgan fingerprint density at radius 3 is 2.32 bits per heavy atom. The van der Waals surface area contributed by atoms with Crippen LogP contribution >= 0.6 is 0 Å². The van der Waals surface area contributed by atoms with E-state index in [2.05, 4.69) is 5.16 Å². The second-order valence-electron chi connectivity index (χ2n) is 3.88. The summed E-state index contributed by atoms with van der Waals surface area (Å²) in [4.78, 5) is 9.96. The number of oxime groups is 1. The van der Waals surface area contributed by atoms with E-state index < -0.39 is 20.0 Å². The molecule has 0 saturated heterocycles. The van der Waals surface area contributed by atoms with Crippen molar-refractivity contribution < 1.29 is 18.5 Å². The van der Waals surface area contributed by atoms with Gasteiger partial charge in [-0.05, 0) is 19.1 Å². The summed E-state index contributed by atoms with van der Waals surface area (Å²) in [5.41, 5.74) is 0.182. The van der Waals surface area contributed by atoms with Crippen molar-refractivity contribution in [1.29, 1.82) is 0 Å². The molecule has 0 radical (unpaired) electrons. The summed E-state index contributed by atoms with van der Waals surface area (Å²) < 4.78 is 23.5. The smallest absolute Gasteiger partial charge is 0.269 e. The number of nitro benzene ring substituents is 1. The van der Waals surface area contributed by atoms with Gasteiger partial charge in [-0.15, -0.1) is 0 Å². The molecule has 1 aromatic rings. The second-order valence-corrected chi connectivity index (χ2v) is 6.49. The van der Waals surface area contributed by atoms with Gasteiger partial charge < -0.3 is 5.21 Å². The summed E-state index contributed by atoms with van der Waals surface area (Å²) in [5, 5.41) is 21.5. The first kappa shape index (κ1) is 15.1. The van der Waals surface area contributed by atoms with Gasteiger partial charge in [-0.25, -0.2) is 8.42 Å². The molecule has 8 heteroatoms. The molecule has 0 aromatic heterocycles. The zero-order chi connectivity index (χ0) is 14.6. The van der Waals surface area contributed by atoms with Crippen molar-refractivity contribution in [2.24, 2.45) is 5.16 Å². The monoisotopic (exact) mass is 286 g/mol. The lowest BCUT2D eigenvalue weighted by Gasteiger charge is -2.13. The average molecular weight is 286 g/mol. The van der Waals surface area contributed by atoms with E-state index in [1.807, 2.05) is 0 Å². The maximum atomic E-state index is 11.7. The van der Waals surface area contributed by atoms with Gasteiger partial charge in [-0.3, -0.25) is 10.1 Å². The van der Waals surface area contributed by atoms with Crippen LogP contribution in [0.4, 0.5) is 5.69 Å². The molecular weight excluding hydrogens is 272 g/mol. The molecule has 19 heavy (non-hydrogen) atoms. The predicted octanol–water partition coefficient (Wildman–Crippen LogP) is 1.60. The van der Waals surface area contributed by atoms with Crippen LogP contribution < -0.4 is 0 Å². The zero-order valence-corrected chi connectivity index (χ0v) is 11.3. The van der Waals surface area contributed by atoms with Gasteiger partial charge in [-0.1, -0.05) is 12.1 Å². The van der Waals surface area contributed by atoms with Crippen LogP contribution in [0.15, 0.2) is 29.4 Å². The van der Waals surface area contributed by atoms with E-state index in [1.165, 1.54) is 38.1 Å². The molecule has 0 heterocycles. The Balaban J connectivity index is 3.16. The molecule has 0 saturated carbocycles. The van der Waals surface area contributed by atoms with E-state index in [0.717, 1.165) is 0 Å². The van der Waals surface area contributed by atoms with Gasteiger partial charge in [0.25, 0.3) is 5.69 Å². The maximum absolute atomic E-state index is 11.7. The fraction of sp³-hybridized carbons (Fsp3) is 0.364. The highest BCUT2D eigenvalue weighted by Crippen LogP contribution is 2.16. The van der Waals surface area contributed by atoms with Crippen LogP contribution in [0.5, 0.6) is 0 Å². The normalized spacial score (nSPS) is 14.1. The third kappa shape index (κ3) is 3.28. The first-order chi connectivity index (χ1) is 8.83. The van der Waals surface area contributed by atoms with E-state index in [0.29, 0.717) is 5.56 Å². The van der Waals surface area contributed by atoms with Gasteiger partial charge in [0.2, 0.25) is 0 Å². The number of sulfone groups is 1. The summed E-state index contributed by atoms with van der Waals surface area (Å²) >= 11 is 0. The lowest BCUT2D eigenvalue weighted by Crippen LogP contribution is -2.29. The summed E-state index contributed by atoms with van der Waals surface area (Å²) in [6.07, 6.45) is 0. The Kier molecular flexibility index (Phi) is 4.60. The number of hydrogen-bond donors (Lipinski definition) is 1. The standard InChI is InChI=1S/C11H14N2O5S/c1-3-19(17,18)8(2)11(12-14)9-4-6-10(7-5-9)13(15)16/h4-8,14H,3H2,1-2H3/b12-11-. The Hall–Kier alpha value is -1.96. The predicted molar refractivity (Wildman–Crippen MR) is 70.3 cm³/mol. The van der Waals surface area contributed by atoms with Gasteiger partial charge >= 0.3 is 0 Å². The van der Waals surface area contributed by atoms with Gasteiger partial charge in [0, 0.05) is 23.4 Å². The van der Waals surface area contributed by atoms with E-state index >= 15 is 0 Å². The van der Waals surface area contributed by atoms with E-state index in [-0.39, 0.29) is 17.2 Å². The van der Waals surface area contributed by atoms with Crippen molar-refractivity contribution in [3.05, 3.63) is 39.9 Å². The van der Waals surface area contributed by atoms with Crippen LogP contribution in [-0.2, 0) is 9.84 Å². The van der Waals surface area contributed by atoms with Crippen molar-refractivity contribution in [2.45, 2.75) is 19.1 Å². The molecule has 1 N–H and O–H groups in total. The van der Waals surface area contributed by atoms with Crippen LogP contribution in [0.1, 0.15) is 19.4 Å². The molecule has 0 aliphatic rings. The van der Waals surface area contributed by atoms with E-state index in [9.17, 15) is 18.5 Å². The number of rotatable bonds is 5. The van der Waals surface area contributed by atoms with Crippen LogP contribution in [0.25, 0.3) is 0 Å². The fourth-order valence-corrected chi connectivity index (χ4v) is 2.57. The van der Waals surface area contributed by atoms with Gasteiger partial charge in [0.15, 0.2) is 9.84 Å². The highest BCUT2D eigenvalue weighted by Gasteiger charge is 2.26. The fourth-order valence-electron chi connectivity index (χ4n) is 1.55. The minimum Gasteiger partial charge on any atom is -0.411 e. The van der Waals surface area contributed by atoms with Gasteiger partial charge in [0.05, 0.1) is 4.92 Å². The maximum Gasteiger partial charge on any atom is 0.269 e. The molecule has 0 amide bonds. The second kappa shape index (κ2) is 5.79. The molecule has 7 nitrogen and oxygen atoms in total. The van der Waals surface area contributed by atoms with Crippen molar-refractivity contribution >= 4 is 21.2 Å². The molecule has 0 spiro atoms. The van der Waals surface area contributed by atoms with Gasteiger partial charge in [0.1, 0.15) is 11.0 Å². The van der Waals surface area contributed by atoms with Crippen molar-refractivity contribution in [1.82, 2.24) is 0 Å². The third-order valence-corrected chi connectivity index (χ3v) is 4.91. The number of nitrogens with zero attached hydrogens (tertiary/aromatic N) is 2. The van der Waals surface area contributed by atoms with Crippen molar-refractivity contribution in [2.75, 3.05) is 5.75 Å². The Morgan fingerprint density at radius 2 is 1.95 bits per heavy atom. The molecule has 0 aliphatic carbocycles. The molecule has 1 aromatic carbocycles. The Morgan fingerprint density at radius 1 is 1.42 bits per heavy atom. The molecular formula is C11H14N2O5S. The van der Waals surface area contributed by atoms with Crippen molar-refractivity contribution in [3.63, 3.8) is 0 Å². The summed E-state index contributed by atoms with van der Waals surface area (Å²) in [5.74, 6) is -0.0832. The summed E-state index contributed by atoms with van der Waals surface area (Å²) in [6, 6.07) is 5.17. The lowest BCUT2D eigenvalue weighted by atomic mass is 10.1. The molecule has 104 valence electrons. The third-order valence-electron chi connectivity index (χ3n) is 2.81. The first-order valence-electron chi connectivity index (χ1n) is 5.51. The molecule has 1 unspecified atom stereocenters. The molecule has 1 rings (SSSR count). The van der Waals surface area contributed by atoms with Crippen molar-refractivity contribution in [3.8, 4) is 0 Å². The molecule has 0 bridgehead atoms. The average Bonchev–Trinajstić information content (AvgIpc) is 2.40. The van der Waals surface area contributed by atoms with Gasteiger partial charge in [-0.2, -0.15) is 0 Å². The highest BCUT2D eigenvalue weighted by atomic mass is 32.2. The molecule has 0 aliphatic heterocycles. The van der Waals surface area contributed by atoms with Crippen LogP contribution in [0.3, 0.4) is 0 Å². The topological polar surface area (TPSA) is 110 Å². The zero-order valence-electron chi connectivity index (χ0n) is 10.5. The van der Waals surface area contributed by atoms with Crippen LogP contribution in [-0.4, -0.2) is 35.3 Å². The highest BCUT2D eigenvalue weighted by molar-refractivity contribution is 7.92. The Bertz CT molecular complexity index is 592.